The molecule has 3 heterocycles. The molecule has 0 aliphatic rings. The Morgan fingerprint density at radius 3 is 1.71 bits per heavy atom. The minimum absolute atomic E-state index is 0.00333. The summed E-state index contributed by atoms with van der Waals surface area (Å²) in [5, 5.41) is -1.11. The minimum atomic E-state index is -0.761. The smallest absolute Gasteiger partial charge is 0.166 e. The van der Waals surface area contributed by atoms with E-state index in [-0.39, 0.29) is 78.0 Å². The van der Waals surface area contributed by atoms with Gasteiger partial charge in [0, 0.05) is 43.8 Å². The molecule has 0 aliphatic heterocycles. The Morgan fingerprint density at radius 2 is 1.04 bits per heavy atom. The van der Waals surface area contributed by atoms with Crippen LogP contribution in [0.3, 0.4) is 0 Å². The summed E-state index contributed by atoms with van der Waals surface area (Å²) < 4.78 is 177. The van der Waals surface area contributed by atoms with E-state index >= 15 is 0 Å². The summed E-state index contributed by atoms with van der Waals surface area (Å²) in [6.45, 7) is 0. The molecule has 56 heavy (non-hydrogen) atoms. The molecule has 3 aromatic heterocycles. The molecule has 11 rings (SSSR count). The van der Waals surface area contributed by atoms with Gasteiger partial charge in [0.2, 0.25) is 0 Å². The molecule has 8 aromatic carbocycles. The lowest BCUT2D eigenvalue weighted by Crippen LogP contribution is -2.04. The molecule has 0 radical (unpaired) electrons. The van der Waals surface area contributed by atoms with Gasteiger partial charge < -0.3 is 8.98 Å². The lowest BCUT2D eigenvalue weighted by atomic mass is 9.98. The molecule has 0 saturated carbocycles. The second kappa shape index (κ2) is 13.0. The van der Waals surface area contributed by atoms with Gasteiger partial charge in [-0.1, -0.05) is 157 Å². The maximum Gasteiger partial charge on any atom is 0.166 e. The Kier molecular flexibility index (Phi) is 4.22. The topological polar surface area (TPSA) is 56.7 Å². The zero-order valence-corrected chi connectivity index (χ0v) is 28.7. The number of furan rings is 1. The van der Waals surface area contributed by atoms with E-state index in [2.05, 4.69) is 0 Å². The molecule has 11 aromatic rings. The Hall–Kier alpha value is -7.63. The highest BCUT2D eigenvalue weighted by Gasteiger charge is 2.21. The predicted molar refractivity (Wildman–Crippen MR) is 229 cm³/mol. The predicted octanol–water partition coefficient (Wildman–Crippen LogP) is 13.2. The van der Waals surface area contributed by atoms with Gasteiger partial charge in [0.15, 0.2) is 17.5 Å². The van der Waals surface area contributed by atoms with E-state index < -0.39 is 132 Å². The van der Waals surface area contributed by atoms with Crippen LogP contribution in [0.15, 0.2) is 198 Å². The average molecular weight is 736 g/mol. The summed E-state index contributed by atoms with van der Waals surface area (Å²) in [6.07, 6.45) is 0. The van der Waals surface area contributed by atoms with Gasteiger partial charge in [-0.15, -0.1) is 0 Å². The standard InChI is InChI=1S/C51H32N4O/c1-4-15-33(16-5-1)36-28-30-47-43(31-36)41-24-14-23-38(48(41)56-47)37-27-29-42(46(32-37)55-44-25-12-10-21-39(44)40-22-11-13-26-45(40)55)51-53-49(34-17-6-2-7-18-34)52-50(54-51)35-19-8-3-9-20-35/h1-32H/i1D,4D,5D,10D,11D,12D,13D,14D,15D,16D,21D,22D,23D,24D,25D,26D,28D,30D,31D. The number of para-hydroxylation sites is 3. The van der Waals surface area contributed by atoms with Crippen LogP contribution in [0.25, 0.3) is 106 Å². The highest BCUT2D eigenvalue weighted by atomic mass is 16.3. The normalized spacial score (nSPS) is 16.3. The summed E-state index contributed by atoms with van der Waals surface area (Å²) in [5.41, 5.74) is -1.45. The van der Waals surface area contributed by atoms with Crippen molar-refractivity contribution in [3.8, 4) is 62.1 Å². The zero-order valence-electron chi connectivity index (χ0n) is 47.7. The second-order valence-corrected chi connectivity index (χ2v) is 12.6. The molecule has 0 fully saturated rings. The van der Waals surface area contributed by atoms with Crippen molar-refractivity contribution >= 4 is 43.7 Å². The molecule has 0 atom stereocenters. The first kappa shape index (κ1) is 18.1. The third-order valence-electron chi connectivity index (χ3n) is 9.31. The Labute approximate surface area is 349 Å². The van der Waals surface area contributed by atoms with E-state index in [9.17, 15) is 6.85 Å². The van der Waals surface area contributed by atoms with Crippen LogP contribution in [0, 0.1) is 0 Å². The van der Waals surface area contributed by atoms with Crippen LogP contribution in [0.1, 0.15) is 26.0 Å². The number of rotatable bonds is 6. The molecular formula is C51H32N4O. The van der Waals surface area contributed by atoms with Crippen molar-refractivity contribution in [2.24, 2.45) is 0 Å². The maximum absolute atomic E-state index is 9.46. The van der Waals surface area contributed by atoms with Crippen molar-refractivity contribution in [2.75, 3.05) is 0 Å². The lowest BCUT2D eigenvalue weighted by Gasteiger charge is -2.16. The number of fused-ring (bicyclic) bond motifs is 6. The fourth-order valence-corrected chi connectivity index (χ4v) is 6.78. The van der Waals surface area contributed by atoms with Crippen LogP contribution in [-0.2, 0) is 0 Å². The highest BCUT2D eigenvalue weighted by molar-refractivity contribution is 6.12. The highest BCUT2D eigenvalue weighted by Crippen LogP contribution is 2.41. The van der Waals surface area contributed by atoms with Crippen LogP contribution >= 0.6 is 0 Å². The number of hydrogen-bond acceptors (Lipinski definition) is 4. The van der Waals surface area contributed by atoms with Crippen LogP contribution in [0.5, 0.6) is 0 Å². The van der Waals surface area contributed by atoms with E-state index in [1.807, 2.05) is 12.1 Å². The molecule has 0 aliphatic carbocycles. The van der Waals surface area contributed by atoms with Crippen molar-refractivity contribution in [1.82, 2.24) is 19.5 Å². The van der Waals surface area contributed by atoms with Crippen molar-refractivity contribution in [1.29, 1.82) is 0 Å². The van der Waals surface area contributed by atoms with E-state index in [4.69, 9.17) is 38.6 Å². The summed E-state index contributed by atoms with van der Waals surface area (Å²) >= 11 is 0. The zero-order chi connectivity index (χ0) is 53.5. The van der Waals surface area contributed by atoms with E-state index in [0.29, 0.717) is 11.1 Å². The Bertz CT molecular complexity index is 4190. The number of hydrogen-bond donors (Lipinski definition) is 0. The van der Waals surface area contributed by atoms with Crippen molar-refractivity contribution in [3.63, 3.8) is 0 Å². The van der Waals surface area contributed by atoms with Crippen LogP contribution in [0.2, 0.25) is 0 Å². The quantitative estimate of drug-likeness (QED) is 0.171. The third-order valence-corrected chi connectivity index (χ3v) is 9.31. The molecule has 0 bridgehead atoms. The van der Waals surface area contributed by atoms with Crippen LogP contribution in [0.4, 0.5) is 0 Å². The molecule has 0 N–H and O–H groups in total. The van der Waals surface area contributed by atoms with Gasteiger partial charge in [-0.3, -0.25) is 0 Å². The lowest BCUT2D eigenvalue weighted by molar-refractivity contribution is 0.670. The SMILES string of the molecule is [2H]c1c([2H])c([2H])c(-c2c([2H])c([2H])c3oc4c(-c5ccc(-c6nc(-c7ccccc7)nc(-c7ccccc7)n6)c(-n6c7c([2H])c([2H])c([2H])c([2H])c7c7c([2H])c([2H])c([2H])c([2H])c76)c5)c([2H])c([2H])c([2H])c4c3c2[2H])c([2H])c1[2H]. The summed E-state index contributed by atoms with van der Waals surface area (Å²) in [6, 6.07) is 9.22. The minimum Gasteiger partial charge on any atom is -0.455 e. The summed E-state index contributed by atoms with van der Waals surface area (Å²) in [5.74, 6) is 0.387. The van der Waals surface area contributed by atoms with Crippen LogP contribution in [-0.4, -0.2) is 19.5 Å². The van der Waals surface area contributed by atoms with Gasteiger partial charge in [-0.05, 0) is 53.0 Å². The number of nitrogens with zero attached hydrogens (tertiary/aromatic N) is 4. The largest absolute Gasteiger partial charge is 0.455 e. The van der Waals surface area contributed by atoms with Gasteiger partial charge in [-0.2, -0.15) is 0 Å². The van der Waals surface area contributed by atoms with E-state index in [0.717, 1.165) is 0 Å². The van der Waals surface area contributed by atoms with Gasteiger partial charge in [0.1, 0.15) is 11.2 Å². The molecule has 262 valence electrons. The Balaban J connectivity index is 1.31. The molecule has 0 spiro atoms. The fraction of sp³-hybridized carbons (Fsp3) is 0. The third kappa shape index (κ3) is 5.29. The van der Waals surface area contributed by atoms with E-state index in [1.54, 1.807) is 48.5 Å². The number of aromatic nitrogens is 4. The molecule has 0 saturated heterocycles. The average Bonchev–Trinajstić information content (AvgIpc) is 4.14. The molecular weight excluding hydrogens is 685 g/mol. The fourth-order valence-electron chi connectivity index (χ4n) is 6.78. The van der Waals surface area contributed by atoms with E-state index in [1.165, 1.54) is 22.8 Å². The molecule has 5 heteroatoms. The molecule has 0 amide bonds. The maximum atomic E-state index is 9.46. The van der Waals surface area contributed by atoms with Gasteiger partial charge in [0.05, 0.1) is 42.8 Å². The molecule has 0 unspecified atom stereocenters. The van der Waals surface area contributed by atoms with Crippen molar-refractivity contribution < 1.29 is 30.5 Å². The van der Waals surface area contributed by atoms with Crippen molar-refractivity contribution in [3.05, 3.63) is 194 Å². The first-order chi connectivity index (χ1) is 35.7. The van der Waals surface area contributed by atoms with Gasteiger partial charge in [-0.25, -0.2) is 15.0 Å². The monoisotopic (exact) mass is 735 g/mol. The molecule has 5 nitrogen and oxygen atoms in total. The first-order valence-corrected chi connectivity index (χ1v) is 17.2. The second-order valence-electron chi connectivity index (χ2n) is 12.6. The van der Waals surface area contributed by atoms with Gasteiger partial charge in [0.25, 0.3) is 0 Å². The summed E-state index contributed by atoms with van der Waals surface area (Å²) in [4.78, 5) is 14.6. The van der Waals surface area contributed by atoms with Crippen LogP contribution < -0.4 is 0 Å². The van der Waals surface area contributed by atoms with Gasteiger partial charge >= 0.3 is 0 Å². The summed E-state index contributed by atoms with van der Waals surface area (Å²) in [7, 11) is 0. The number of benzene rings is 8. The van der Waals surface area contributed by atoms with Crippen molar-refractivity contribution in [2.45, 2.75) is 0 Å². The Morgan fingerprint density at radius 1 is 0.429 bits per heavy atom. The first-order valence-electron chi connectivity index (χ1n) is 26.7.